The van der Waals surface area contributed by atoms with E-state index < -0.39 is 39.7 Å². The standard InChI is InChI=1S/C21H27F2N5O6S/c1-13(29)24-10-16-12-28(21(31)34-16)15-8-17(22)19(18(23)9-15)27-3-2-14(11-27)25-20(30)26-4-6-35(32,33)7-5-26/h8-9,14,16H,2-7,10-12H2,1H3,(H,24,29)(H,25,30)/t14?,16-/m0/s1. The number of nitrogens with zero attached hydrogens (tertiary/aromatic N) is 3. The van der Waals surface area contributed by atoms with Crippen LogP contribution in [0.3, 0.4) is 0 Å². The van der Waals surface area contributed by atoms with Gasteiger partial charge in [0.25, 0.3) is 0 Å². The first-order valence-corrected chi connectivity index (χ1v) is 13.1. The molecule has 2 atom stereocenters. The highest BCUT2D eigenvalue weighted by molar-refractivity contribution is 7.91. The van der Waals surface area contributed by atoms with E-state index in [9.17, 15) is 31.6 Å². The van der Waals surface area contributed by atoms with Crippen LogP contribution in [0.5, 0.6) is 0 Å². The molecular formula is C21H27F2N5O6S. The van der Waals surface area contributed by atoms with Gasteiger partial charge in [-0.25, -0.2) is 26.8 Å². The first-order valence-electron chi connectivity index (χ1n) is 11.2. The van der Waals surface area contributed by atoms with Gasteiger partial charge < -0.3 is 25.2 Å². The molecule has 0 saturated carbocycles. The zero-order chi connectivity index (χ0) is 25.3. The summed E-state index contributed by atoms with van der Waals surface area (Å²) in [6.07, 6.45) is -0.941. The van der Waals surface area contributed by atoms with E-state index in [1.165, 1.54) is 16.7 Å². The average molecular weight is 516 g/mol. The average Bonchev–Trinajstić information content (AvgIpc) is 3.38. The van der Waals surface area contributed by atoms with Gasteiger partial charge in [-0.3, -0.25) is 9.69 Å². The maximum Gasteiger partial charge on any atom is 0.414 e. The summed E-state index contributed by atoms with van der Waals surface area (Å²) in [5.41, 5.74) is -0.250. The molecule has 3 fully saturated rings. The van der Waals surface area contributed by atoms with Crippen molar-refractivity contribution in [2.45, 2.75) is 25.5 Å². The van der Waals surface area contributed by atoms with Crippen molar-refractivity contribution in [3.8, 4) is 0 Å². The molecule has 35 heavy (non-hydrogen) atoms. The lowest BCUT2D eigenvalue weighted by Gasteiger charge is -2.28. The summed E-state index contributed by atoms with van der Waals surface area (Å²) >= 11 is 0. The summed E-state index contributed by atoms with van der Waals surface area (Å²) in [5.74, 6) is -2.17. The van der Waals surface area contributed by atoms with Crippen molar-refractivity contribution in [2.24, 2.45) is 0 Å². The summed E-state index contributed by atoms with van der Waals surface area (Å²) in [6.45, 7) is 2.15. The molecule has 3 saturated heterocycles. The lowest BCUT2D eigenvalue weighted by molar-refractivity contribution is -0.119. The summed E-state index contributed by atoms with van der Waals surface area (Å²) in [4.78, 5) is 39.7. The van der Waals surface area contributed by atoms with Crippen molar-refractivity contribution in [1.29, 1.82) is 0 Å². The number of halogens is 2. The predicted octanol–water partition coefficient (Wildman–Crippen LogP) is 0.445. The topological polar surface area (TPSA) is 128 Å². The molecule has 0 aliphatic carbocycles. The molecule has 2 N–H and O–H groups in total. The Morgan fingerprint density at radius 1 is 1.11 bits per heavy atom. The SMILES string of the molecule is CC(=O)NC[C@H]1CN(c2cc(F)c(N3CCC(NC(=O)N4CCS(=O)(=O)CC4)C3)c(F)c2)C(=O)O1. The normalized spacial score (nSPS) is 23.9. The third kappa shape index (κ3) is 5.74. The van der Waals surface area contributed by atoms with Crippen LogP contribution in [0.15, 0.2) is 12.1 Å². The number of hydrogen-bond acceptors (Lipinski definition) is 7. The van der Waals surface area contributed by atoms with E-state index >= 15 is 0 Å². The summed E-state index contributed by atoms with van der Waals surface area (Å²) < 4.78 is 58.2. The number of anilines is 2. The molecule has 0 spiro atoms. The van der Waals surface area contributed by atoms with E-state index in [0.29, 0.717) is 13.0 Å². The van der Waals surface area contributed by atoms with Crippen LogP contribution in [-0.4, -0.2) is 94.3 Å². The molecule has 11 nitrogen and oxygen atoms in total. The van der Waals surface area contributed by atoms with Gasteiger partial charge in [0.2, 0.25) is 5.91 Å². The number of hydrogen-bond donors (Lipinski definition) is 2. The summed E-state index contributed by atoms with van der Waals surface area (Å²) in [7, 11) is -3.12. The number of urea groups is 1. The highest BCUT2D eigenvalue weighted by atomic mass is 32.2. The minimum atomic E-state index is -3.12. The number of ether oxygens (including phenoxy) is 1. The molecule has 1 aromatic carbocycles. The maximum atomic E-state index is 15.0. The highest BCUT2D eigenvalue weighted by Crippen LogP contribution is 2.32. The van der Waals surface area contributed by atoms with Crippen LogP contribution in [0, 0.1) is 11.6 Å². The van der Waals surface area contributed by atoms with E-state index in [-0.39, 0.29) is 67.6 Å². The van der Waals surface area contributed by atoms with Crippen molar-refractivity contribution in [2.75, 3.05) is 60.6 Å². The predicted molar refractivity (Wildman–Crippen MR) is 122 cm³/mol. The number of rotatable bonds is 5. The summed E-state index contributed by atoms with van der Waals surface area (Å²) in [5, 5.41) is 5.34. The maximum absolute atomic E-state index is 15.0. The Hall–Kier alpha value is -3.16. The van der Waals surface area contributed by atoms with E-state index in [1.54, 1.807) is 0 Å². The Balaban J connectivity index is 1.37. The van der Waals surface area contributed by atoms with Gasteiger partial charge in [0.15, 0.2) is 21.5 Å². The lowest BCUT2D eigenvalue weighted by Crippen LogP contribution is -2.51. The Kier molecular flexibility index (Phi) is 7.01. The minimum absolute atomic E-state index is 0.00294. The monoisotopic (exact) mass is 515 g/mol. The second-order valence-electron chi connectivity index (χ2n) is 8.83. The molecule has 0 bridgehead atoms. The molecule has 3 aliphatic heterocycles. The first kappa shape index (κ1) is 24.9. The third-order valence-electron chi connectivity index (χ3n) is 6.23. The molecule has 4 rings (SSSR count). The molecule has 1 unspecified atom stereocenters. The van der Waals surface area contributed by atoms with Crippen molar-refractivity contribution in [1.82, 2.24) is 15.5 Å². The fraction of sp³-hybridized carbons (Fsp3) is 0.571. The molecule has 4 amide bonds. The van der Waals surface area contributed by atoms with Gasteiger partial charge in [-0.15, -0.1) is 0 Å². The number of amides is 4. The number of cyclic esters (lactones) is 1. The fourth-order valence-corrected chi connectivity index (χ4v) is 5.57. The van der Waals surface area contributed by atoms with E-state index in [0.717, 1.165) is 17.0 Å². The first-order chi connectivity index (χ1) is 16.5. The highest BCUT2D eigenvalue weighted by Gasteiger charge is 2.35. The van der Waals surface area contributed by atoms with Crippen molar-refractivity contribution in [3.05, 3.63) is 23.8 Å². The molecule has 3 heterocycles. The quantitative estimate of drug-likeness (QED) is 0.583. The van der Waals surface area contributed by atoms with Gasteiger partial charge in [-0.05, 0) is 6.42 Å². The molecule has 3 aliphatic rings. The van der Waals surface area contributed by atoms with Crippen molar-refractivity contribution < 1.29 is 36.3 Å². The molecule has 192 valence electrons. The second kappa shape index (κ2) is 9.84. The van der Waals surface area contributed by atoms with Crippen LogP contribution in [-0.2, 0) is 19.4 Å². The van der Waals surface area contributed by atoms with Crippen molar-refractivity contribution >= 4 is 39.2 Å². The Bertz CT molecular complexity index is 1100. The molecule has 1 aromatic rings. The fourth-order valence-electron chi connectivity index (χ4n) is 4.37. The van der Waals surface area contributed by atoms with Crippen LogP contribution in [0.2, 0.25) is 0 Å². The number of benzene rings is 1. The zero-order valence-corrected chi connectivity index (χ0v) is 19.9. The van der Waals surface area contributed by atoms with E-state index in [1.807, 2.05) is 0 Å². The number of carbonyl (C=O) groups excluding carboxylic acids is 3. The van der Waals surface area contributed by atoms with Crippen LogP contribution in [0.1, 0.15) is 13.3 Å². The van der Waals surface area contributed by atoms with Gasteiger partial charge in [0.1, 0.15) is 11.8 Å². The van der Waals surface area contributed by atoms with Crippen LogP contribution >= 0.6 is 0 Å². The number of nitrogens with one attached hydrogen (secondary N) is 2. The second-order valence-corrected chi connectivity index (χ2v) is 11.1. The Morgan fingerprint density at radius 2 is 1.77 bits per heavy atom. The zero-order valence-electron chi connectivity index (χ0n) is 19.1. The van der Waals surface area contributed by atoms with Gasteiger partial charge in [0.05, 0.1) is 30.3 Å². The van der Waals surface area contributed by atoms with Gasteiger partial charge >= 0.3 is 12.1 Å². The van der Waals surface area contributed by atoms with Crippen LogP contribution in [0.25, 0.3) is 0 Å². The Morgan fingerprint density at radius 3 is 2.40 bits per heavy atom. The lowest BCUT2D eigenvalue weighted by atomic mass is 10.2. The minimum Gasteiger partial charge on any atom is -0.442 e. The van der Waals surface area contributed by atoms with Crippen molar-refractivity contribution in [3.63, 3.8) is 0 Å². The molecule has 14 heteroatoms. The van der Waals surface area contributed by atoms with Gasteiger partial charge in [-0.1, -0.05) is 0 Å². The molecular weight excluding hydrogens is 488 g/mol. The van der Waals surface area contributed by atoms with Crippen LogP contribution in [0.4, 0.5) is 29.7 Å². The summed E-state index contributed by atoms with van der Waals surface area (Å²) in [6, 6.07) is 1.35. The Labute approximate surface area is 201 Å². The van der Waals surface area contributed by atoms with Gasteiger partial charge in [0, 0.05) is 51.3 Å². The number of sulfone groups is 1. The number of carbonyl (C=O) groups is 3. The largest absolute Gasteiger partial charge is 0.442 e. The third-order valence-corrected chi connectivity index (χ3v) is 7.84. The molecule has 0 aromatic heterocycles. The smallest absolute Gasteiger partial charge is 0.414 e. The van der Waals surface area contributed by atoms with E-state index in [2.05, 4.69) is 10.6 Å². The van der Waals surface area contributed by atoms with Crippen LogP contribution < -0.4 is 20.4 Å². The molecule has 0 radical (unpaired) electrons. The van der Waals surface area contributed by atoms with E-state index in [4.69, 9.17) is 4.74 Å². The van der Waals surface area contributed by atoms with Gasteiger partial charge in [-0.2, -0.15) is 0 Å².